The van der Waals surface area contributed by atoms with Crippen LogP contribution in [0.1, 0.15) is 19.8 Å². The van der Waals surface area contributed by atoms with Gasteiger partial charge in [0.25, 0.3) is 0 Å². The van der Waals surface area contributed by atoms with E-state index in [1.165, 1.54) is 0 Å². The summed E-state index contributed by atoms with van der Waals surface area (Å²) in [5.74, 6) is -0.219. The standard InChI is InChI=1S/C5H5N.C4H10O3S/c1-2-4-6-5-3-1;1-2-3-4-8(5,6)7/h1-5H;2-4H2,1H3,(H,5,6,7). The average molecular weight is 217 g/mol. The van der Waals surface area contributed by atoms with Crippen molar-refractivity contribution in [1.82, 2.24) is 0 Å². The normalized spacial score (nSPS) is 10.1. The zero-order valence-electron chi connectivity index (χ0n) is 8.14. The Morgan fingerprint density at radius 3 is 1.93 bits per heavy atom. The molecule has 0 bridgehead atoms. The van der Waals surface area contributed by atoms with Crippen molar-refractivity contribution < 1.29 is 18.0 Å². The van der Waals surface area contributed by atoms with Crippen LogP contribution in [-0.4, -0.2) is 18.7 Å². The first-order chi connectivity index (χ1) is 6.56. The van der Waals surface area contributed by atoms with E-state index in [0.29, 0.717) is 6.42 Å². The van der Waals surface area contributed by atoms with Crippen molar-refractivity contribution in [1.29, 1.82) is 0 Å². The van der Waals surface area contributed by atoms with E-state index >= 15 is 0 Å². The van der Waals surface area contributed by atoms with E-state index in [0.717, 1.165) is 6.42 Å². The van der Waals surface area contributed by atoms with Gasteiger partial charge >= 0.3 is 0 Å². The van der Waals surface area contributed by atoms with Crippen molar-refractivity contribution in [3.8, 4) is 0 Å². The number of pyridine rings is 1. The summed E-state index contributed by atoms with van der Waals surface area (Å²) >= 11 is 0. The monoisotopic (exact) mass is 217 g/mol. The Labute approximate surface area is 84.7 Å². The van der Waals surface area contributed by atoms with Crippen LogP contribution < -0.4 is 4.98 Å². The predicted molar refractivity (Wildman–Crippen MR) is 52.5 cm³/mol. The molecule has 0 saturated carbocycles. The zero-order valence-corrected chi connectivity index (χ0v) is 8.96. The minimum atomic E-state index is -3.94. The molecule has 0 aliphatic carbocycles. The summed E-state index contributed by atoms with van der Waals surface area (Å²) in [7, 11) is -3.94. The highest BCUT2D eigenvalue weighted by atomic mass is 32.2. The molecule has 5 heteroatoms. The van der Waals surface area contributed by atoms with Gasteiger partial charge in [0.2, 0.25) is 0 Å². The van der Waals surface area contributed by atoms with Gasteiger partial charge in [-0.05, 0) is 6.42 Å². The van der Waals surface area contributed by atoms with Gasteiger partial charge in [-0.15, -0.1) is 0 Å². The maximum Gasteiger partial charge on any atom is 0.166 e. The van der Waals surface area contributed by atoms with Crippen molar-refractivity contribution >= 4 is 10.1 Å². The van der Waals surface area contributed by atoms with E-state index in [2.05, 4.69) is 4.98 Å². The first-order valence-corrected chi connectivity index (χ1v) is 5.98. The molecule has 0 aliphatic rings. The fraction of sp³-hybridized carbons (Fsp3) is 0.444. The van der Waals surface area contributed by atoms with Gasteiger partial charge < -0.3 is 4.55 Å². The molecule has 1 aromatic heterocycles. The average Bonchev–Trinajstić information content (AvgIpc) is 2.17. The number of aromatic amines is 1. The Hall–Kier alpha value is -0.940. The topological polar surface area (TPSA) is 71.3 Å². The first-order valence-electron chi connectivity index (χ1n) is 4.41. The Bertz CT molecular complexity index is 283. The van der Waals surface area contributed by atoms with Crippen molar-refractivity contribution in [2.24, 2.45) is 0 Å². The van der Waals surface area contributed by atoms with E-state index in [1.807, 2.05) is 37.5 Å². The van der Waals surface area contributed by atoms with Gasteiger partial charge in [0.05, 0.1) is 10.1 Å². The van der Waals surface area contributed by atoms with E-state index in [-0.39, 0.29) is 5.75 Å². The summed E-state index contributed by atoms with van der Waals surface area (Å²) in [6.45, 7) is 1.84. The predicted octanol–water partition coefficient (Wildman–Crippen LogP) is 0.832. The minimum absolute atomic E-state index is 0.219. The van der Waals surface area contributed by atoms with E-state index in [9.17, 15) is 13.0 Å². The third-order valence-corrected chi connectivity index (χ3v) is 2.14. The molecule has 0 saturated heterocycles. The molecule has 1 heterocycles. The number of nitrogens with one attached hydrogen (secondary N) is 1. The van der Waals surface area contributed by atoms with Crippen LogP contribution in [0.3, 0.4) is 0 Å². The zero-order chi connectivity index (χ0) is 10.9. The van der Waals surface area contributed by atoms with Gasteiger partial charge in [-0.2, -0.15) is 0 Å². The Morgan fingerprint density at radius 2 is 1.79 bits per heavy atom. The van der Waals surface area contributed by atoms with Crippen LogP contribution in [0, 0.1) is 0 Å². The quantitative estimate of drug-likeness (QED) is 0.704. The van der Waals surface area contributed by atoms with E-state index in [1.54, 1.807) is 0 Å². The van der Waals surface area contributed by atoms with Gasteiger partial charge in [-0.3, -0.25) is 0 Å². The van der Waals surface area contributed by atoms with Crippen LogP contribution in [0.25, 0.3) is 0 Å². The SMILES string of the molecule is CCCCS(=O)(=O)[O-].c1cc[nH+]cc1. The molecule has 1 rings (SSSR count). The van der Waals surface area contributed by atoms with Crippen LogP contribution >= 0.6 is 0 Å². The van der Waals surface area contributed by atoms with E-state index in [4.69, 9.17) is 0 Å². The molecule has 80 valence electrons. The fourth-order valence-electron chi connectivity index (χ4n) is 0.663. The molecule has 1 aromatic rings. The molecule has 1 N–H and O–H groups in total. The van der Waals surface area contributed by atoms with Crippen molar-refractivity contribution in [3.05, 3.63) is 30.6 Å². The highest BCUT2D eigenvalue weighted by Gasteiger charge is 1.90. The lowest BCUT2D eigenvalue weighted by Crippen LogP contribution is -2.02. The molecule has 0 aromatic carbocycles. The van der Waals surface area contributed by atoms with Crippen molar-refractivity contribution in [2.75, 3.05) is 5.75 Å². The maximum absolute atomic E-state index is 9.83. The fourth-order valence-corrected chi connectivity index (χ4v) is 1.31. The highest BCUT2D eigenvalue weighted by molar-refractivity contribution is 7.85. The van der Waals surface area contributed by atoms with Crippen LogP contribution in [-0.2, 0) is 10.1 Å². The van der Waals surface area contributed by atoms with Gasteiger partial charge in [0.1, 0.15) is 0 Å². The molecule has 0 spiro atoms. The van der Waals surface area contributed by atoms with Gasteiger partial charge in [0, 0.05) is 17.9 Å². The number of rotatable bonds is 3. The van der Waals surface area contributed by atoms with Crippen molar-refractivity contribution in [2.45, 2.75) is 19.8 Å². The number of H-pyrrole nitrogens is 1. The second kappa shape index (κ2) is 7.46. The second-order valence-corrected chi connectivity index (χ2v) is 4.22. The molecule has 0 atom stereocenters. The number of unbranched alkanes of at least 4 members (excludes halogenated alkanes) is 1. The molecule has 0 radical (unpaired) electrons. The Balaban J connectivity index is 0.000000249. The molecule has 0 aliphatic heterocycles. The largest absolute Gasteiger partial charge is 0.748 e. The Kier molecular flexibility index (Phi) is 6.96. The smallest absolute Gasteiger partial charge is 0.166 e. The number of aromatic nitrogens is 1. The molecule has 0 unspecified atom stereocenters. The number of hydrogen-bond acceptors (Lipinski definition) is 3. The van der Waals surface area contributed by atoms with Crippen LogP contribution in [0.15, 0.2) is 30.6 Å². The van der Waals surface area contributed by atoms with Crippen LogP contribution in [0.5, 0.6) is 0 Å². The molecule has 0 amide bonds. The minimum Gasteiger partial charge on any atom is -0.748 e. The lowest BCUT2D eigenvalue weighted by Gasteiger charge is -2.02. The first kappa shape index (κ1) is 13.1. The van der Waals surface area contributed by atoms with Gasteiger partial charge in [-0.1, -0.05) is 19.4 Å². The maximum atomic E-state index is 9.83. The summed E-state index contributed by atoms with van der Waals surface area (Å²) in [6, 6.07) is 5.86. The van der Waals surface area contributed by atoms with E-state index < -0.39 is 10.1 Å². The van der Waals surface area contributed by atoms with Crippen LogP contribution in [0.2, 0.25) is 0 Å². The Morgan fingerprint density at radius 1 is 1.21 bits per heavy atom. The summed E-state index contributed by atoms with van der Waals surface area (Å²) in [5, 5.41) is 0. The summed E-state index contributed by atoms with van der Waals surface area (Å²) < 4.78 is 29.5. The highest BCUT2D eigenvalue weighted by Crippen LogP contribution is 1.90. The molecule has 0 fully saturated rings. The van der Waals surface area contributed by atoms with Crippen molar-refractivity contribution in [3.63, 3.8) is 0 Å². The summed E-state index contributed by atoms with van der Waals surface area (Å²) in [6.07, 6.45) is 4.98. The second-order valence-electron chi connectivity index (χ2n) is 2.69. The van der Waals surface area contributed by atoms with Gasteiger partial charge in [0.15, 0.2) is 12.4 Å². The number of hydrogen-bond donors (Lipinski definition) is 0. The lowest BCUT2D eigenvalue weighted by atomic mass is 10.4. The molecule has 4 nitrogen and oxygen atoms in total. The third-order valence-electron chi connectivity index (χ3n) is 1.36. The summed E-state index contributed by atoms with van der Waals surface area (Å²) in [4.78, 5) is 2.89. The van der Waals surface area contributed by atoms with Crippen LogP contribution in [0.4, 0.5) is 0 Å². The molecular formula is C9H15NO3S. The molecular weight excluding hydrogens is 202 g/mol. The molecule has 14 heavy (non-hydrogen) atoms. The third kappa shape index (κ3) is 11.1. The van der Waals surface area contributed by atoms with Gasteiger partial charge in [-0.25, -0.2) is 13.4 Å². The summed E-state index contributed by atoms with van der Waals surface area (Å²) in [5.41, 5.74) is 0. The lowest BCUT2D eigenvalue weighted by molar-refractivity contribution is -0.377.